The van der Waals surface area contributed by atoms with Gasteiger partial charge in [-0.05, 0) is 35.4 Å². The van der Waals surface area contributed by atoms with Crippen LogP contribution < -0.4 is 21.9 Å². The lowest BCUT2D eigenvalue weighted by atomic mass is 9.12. The van der Waals surface area contributed by atoms with Gasteiger partial charge in [0, 0.05) is 28.6 Å². The highest BCUT2D eigenvalue weighted by Crippen LogP contribution is 2.42. The molecule has 7 rings (SSSR count). The van der Waals surface area contributed by atoms with Gasteiger partial charge in [0.1, 0.15) is 12.4 Å². The summed E-state index contributed by atoms with van der Waals surface area (Å²) in [5.41, 5.74) is -26.9. The molecule has 416 valence electrons. The number of carbonyl (C=O) groups is 1. The molecule has 0 fully saturated rings. The number of hydrogen-bond acceptors (Lipinski definition) is 1. The van der Waals surface area contributed by atoms with Gasteiger partial charge >= 0.3 is 49.4 Å². The number of Topliss-reactive ketones (excluding diaryl/α,β-unsaturated/α-hetero) is 1. The highest BCUT2D eigenvalue weighted by atomic mass is 32.2. The van der Waals surface area contributed by atoms with Crippen LogP contribution in [0.25, 0.3) is 11.1 Å². The van der Waals surface area contributed by atoms with Gasteiger partial charge in [0.25, 0.3) is 0 Å². The second kappa shape index (κ2) is 21.1. The Morgan fingerprint density at radius 3 is 0.769 bits per heavy atom. The van der Waals surface area contributed by atoms with Crippen LogP contribution in [0.3, 0.4) is 0 Å². The van der Waals surface area contributed by atoms with Crippen molar-refractivity contribution in [2.45, 2.75) is 54.3 Å². The number of fused-ring (bicyclic) bond motifs is 1. The molecule has 1 nitrogen and oxygen atoms in total. The minimum Gasteiger partial charge on any atom is -0.289 e. The Hall–Kier alpha value is -6.80. The molecule has 0 saturated heterocycles. The average molecular weight is 1160 g/mol. The lowest BCUT2D eigenvalue weighted by Crippen LogP contribution is -2.75. The Kier molecular flexibility index (Phi) is 16.4. The number of hydrogen-bond donors (Lipinski definition) is 0. The third-order valence-electron chi connectivity index (χ3n) is 12.0. The summed E-state index contributed by atoms with van der Waals surface area (Å²) in [4.78, 5) is 13.6. The molecule has 5 aromatic rings. The highest BCUT2D eigenvalue weighted by molar-refractivity contribution is 7.97. The Morgan fingerprint density at radius 2 is 0.551 bits per heavy atom. The van der Waals surface area contributed by atoms with Crippen LogP contribution in [0.1, 0.15) is 54.9 Å². The second-order valence-corrected chi connectivity index (χ2v) is 19.3. The summed E-state index contributed by atoms with van der Waals surface area (Å²) in [5, 5.41) is 0. The third-order valence-corrected chi connectivity index (χ3v) is 13.7. The summed E-state index contributed by atoms with van der Waals surface area (Å²) in [6.07, 6.45) is -52.7. The molecule has 0 radical (unpaired) electrons. The van der Waals surface area contributed by atoms with Crippen molar-refractivity contribution in [1.29, 1.82) is 0 Å². The lowest BCUT2D eigenvalue weighted by Gasteiger charge is -2.46. The summed E-state index contributed by atoms with van der Waals surface area (Å²) >= 11 is 0. The molecule has 0 bridgehead atoms. The fourth-order valence-electron chi connectivity index (χ4n) is 8.45. The van der Waals surface area contributed by atoms with Gasteiger partial charge in [0.2, 0.25) is 5.78 Å². The average Bonchev–Trinajstić information content (AvgIpc) is 3.72. The topological polar surface area (TPSA) is 17.1 Å². The molecule has 0 amide bonds. The van der Waals surface area contributed by atoms with Crippen LogP contribution in [-0.2, 0) is 60.3 Å². The first-order valence-electron chi connectivity index (χ1n) is 21.6. The van der Waals surface area contributed by atoms with E-state index in [0.717, 1.165) is 5.56 Å². The minimum absolute atomic E-state index is 0.0621. The number of benzene rings is 5. The predicted octanol–water partition coefficient (Wildman–Crippen LogP) is 15.5. The Morgan fingerprint density at radius 1 is 0.333 bits per heavy atom. The normalized spacial score (nSPS) is 13.8. The standard InChI is InChI=1S/C32H12BF24.C19H17OS/c34-25(35,36)13-1-14(26(37,38)39)6-21(5-13)33(22-7-15(27(40,41)42)2-16(8-22)28(43,44)45,23-9-17(29(46,47)48)3-18(10-23)30(49,50)51)24-11-19(31(52,53)54)4-20(12-24)32(55,56)57;1-21(14-19(20)15-8-4-2-5-9-15)18-12-16-10-6-3-7-11-17(16)13-18/h1-12H;2-13H,14H2,1H3/q-1;+1. The second-order valence-electron chi connectivity index (χ2n) is 17.3. The van der Waals surface area contributed by atoms with Gasteiger partial charge < -0.3 is 0 Å². The predicted molar refractivity (Wildman–Crippen MR) is 240 cm³/mol. The Bertz CT molecular complexity index is 2780. The van der Waals surface area contributed by atoms with Crippen LogP contribution in [-0.4, -0.2) is 23.9 Å². The zero-order valence-electron chi connectivity index (χ0n) is 38.5. The fourth-order valence-corrected chi connectivity index (χ4v) is 9.83. The maximum absolute atomic E-state index is 14.2. The summed E-state index contributed by atoms with van der Waals surface area (Å²) in [5.74, 6) is 0.796. The van der Waals surface area contributed by atoms with Crippen LogP contribution in [0.2, 0.25) is 0 Å². The van der Waals surface area contributed by atoms with Crippen LogP contribution in [0.4, 0.5) is 105 Å². The molecule has 0 saturated carbocycles. The van der Waals surface area contributed by atoms with Gasteiger partial charge in [-0.15, -0.1) is 0 Å². The first-order valence-corrected chi connectivity index (χ1v) is 23.4. The number of carbonyl (C=O) groups excluding carboxylic acids is 1. The van der Waals surface area contributed by atoms with E-state index >= 15 is 0 Å². The number of halogens is 24. The van der Waals surface area contributed by atoms with Gasteiger partial charge in [0.15, 0.2) is 10.6 Å². The van der Waals surface area contributed by atoms with Crippen LogP contribution in [0.15, 0.2) is 150 Å². The van der Waals surface area contributed by atoms with E-state index in [4.69, 9.17) is 0 Å². The molecule has 0 aliphatic heterocycles. The Labute approximate surface area is 427 Å². The van der Waals surface area contributed by atoms with E-state index in [2.05, 4.69) is 42.7 Å². The summed E-state index contributed by atoms with van der Waals surface area (Å²) in [6, 6.07) is 15.5. The molecule has 5 aromatic carbocycles. The van der Waals surface area contributed by atoms with E-state index in [1.807, 2.05) is 36.4 Å². The van der Waals surface area contributed by atoms with E-state index in [1.54, 1.807) is 0 Å². The maximum atomic E-state index is 14.2. The van der Waals surface area contributed by atoms with Crippen molar-refractivity contribution >= 4 is 44.7 Å². The van der Waals surface area contributed by atoms with Crippen molar-refractivity contribution in [3.8, 4) is 11.1 Å². The molecule has 0 spiro atoms. The van der Waals surface area contributed by atoms with Gasteiger partial charge in [0.05, 0.1) is 44.5 Å². The van der Waals surface area contributed by atoms with Gasteiger partial charge in [-0.1, -0.05) is 109 Å². The molecular weight excluding hydrogens is 1130 g/mol. The quantitative estimate of drug-likeness (QED) is 0.0641. The lowest BCUT2D eigenvalue weighted by molar-refractivity contribution is -0.144. The summed E-state index contributed by atoms with van der Waals surface area (Å²) in [7, 11) is -0.0621. The molecule has 2 aliphatic rings. The monoisotopic (exact) mass is 1160 g/mol. The van der Waals surface area contributed by atoms with Crippen molar-refractivity contribution in [2.75, 3.05) is 12.0 Å². The smallest absolute Gasteiger partial charge is 0.289 e. The van der Waals surface area contributed by atoms with E-state index in [0.29, 0.717) is 5.75 Å². The summed E-state index contributed by atoms with van der Waals surface area (Å²) < 4.78 is 341. The van der Waals surface area contributed by atoms with E-state index in [9.17, 15) is 110 Å². The third kappa shape index (κ3) is 13.7. The zero-order valence-corrected chi connectivity index (χ0v) is 39.3. The number of ketones is 1. The van der Waals surface area contributed by atoms with Crippen molar-refractivity contribution in [3.63, 3.8) is 0 Å². The first kappa shape index (κ1) is 60.4. The van der Waals surface area contributed by atoms with Gasteiger partial charge in [-0.25, -0.2) is 0 Å². The molecule has 27 heteroatoms. The highest BCUT2D eigenvalue weighted by Gasteiger charge is 2.47. The summed E-state index contributed by atoms with van der Waals surface area (Å²) in [6.45, 7) is 0. The van der Waals surface area contributed by atoms with Crippen LogP contribution >= 0.6 is 0 Å². The molecular formula is C51H29BF24OS. The largest absolute Gasteiger partial charge is 0.416 e. The number of alkyl halides is 24. The Balaban J connectivity index is 0.000000387. The molecule has 0 heterocycles. The maximum Gasteiger partial charge on any atom is 0.416 e. The van der Waals surface area contributed by atoms with Gasteiger partial charge in [-0.3, -0.25) is 4.79 Å². The van der Waals surface area contributed by atoms with E-state index in [1.165, 1.54) is 16.0 Å². The van der Waals surface area contributed by atoms with Crippen LogP contribution in [0.5, 0.6) is 0 Å². The van der Waals surface area contributed by atoms with Crippen LogP contribution in [0, 0.1) is 0 Å². The van der Waals surface area contributed by atoms with Crippen molar-refractivity contribution in [2.24, 2.45) is 0 Å². The fraction of sp³-hybridized carbons (Fsp3) is 0.196. The minimum atomic E-state index is -6.13. The zero-order chi connectivity index (χ0) is 58.6. The molecule has 2 aliphatic carbocycles. The molecule has 1 atom stereocenters. The number of rotatable bonds is 8. The van der Waals surface area contributed by atoms with E-state index < -0.39 is 195 Å². The van der Waals surface area contributed by atoms with Gasteiger partial charge in [-0.2, -0.15) is 127 Å². The molecule has 1 unspecified atom stereocenters. The van der Waals surface area contributed by atoms with E-state index in [-0.39, 0.29) is 16.7 Å². The SMILES string of the molecule is C[S+](CC(=O)c1ccccc1)c1cc2cccccc-2c1.FC(F)(F)c1cc([B-](c2cc(C(F)(F)F)cc(C(F)(F)F)c2)(c2cc(C(F)(F)F)cc(C(F)(F)F)c2)c2cc(C(F)(F)F)cc(C(F)(F)F)c2)cc(C(F)(F)F)c1. The molecule has 0 N–H and O–H groups in total. The van der Waals surface area contributed by atoms with Crippen molar-refractivity contribution in [1.82, 2.24) is 0 Å². The molecule has 78 heavy (non-hydrogen) atoms. The first-order chi connectivity index (χ1) is 35.5. The molecule has 0 aromatic heterocycles. The van der Waals surface area contributed by atoms with Crippen molar-refractivity contribution < 1.29 is 110 Å². The van der Waals surface area contributed by atoms with Crippen molar-refractivity contribution in [3.05, 3.63) is 196 Å².